The third kappa shape index (κ3) is 2.48. The topological polar surface area (TPSA) is 24.9 Å². The van der Waals surface area contributed by atoms with E-state index in [1.165, 1.54) is 0 Å². The summed E-state index contributed by atoms with van der Waals surface area (Å²) in [5.74, 6) is 0. The molecule has 1 N–H and O–H groups in total. The standard InChI is InChI=1S/C11H10Cl2N2S/c1-14-11-15-6-8(16-11)5-7-3-2-4-9(12)10(7)13/h2-4,6H,5H2,1H3,(H,14,15). The van der Waals surface area contributed by atoms with Crippen LogP contribution in [0.2, 0.25) is 10.0 Å². The van der Waals surface area contributed by atoms with Crippen LogP contribution in [0, 0.1) is 0 Å². The van der Waals surface area contributed by atoms with Gasteiger partial charge in [0.1, 0.15) is 0 Å². The van der Waals surface area contributed by atoms with Crippen molar-refractivity contribution in [1.82, 2.24) is 4.98 Å². The van der Waals surface area contributed by atoms with E-state index in [4.69, 9.17) is 23.2 Å². The molecule has 1 heterocycles. The number of nitrogens with one attached hydrogen (secondary N) is 1. The van der Waals surface area contributed by atoms with Crippen LogP contribution in [0.1, 0.15) is 10.4 Å². The van der Waals surface area contributed by atoms with E-state index in [0.29, 0.717) is 10.0 Å². The zero-order valence-corrected chi connectivity index (χ0v) is 11.0. The highest BCUT2D eigenvalue weighted by Crippen LogP contribution is 2.29. The first-order valence-corrected chi connectivity index (χ1v) is 6.33. The summed E-state index contributed by atoms with van der Waals surface area (Å²) in [5.41, 5.74) is 1.03. The van der Waals surface area contributed by atoms with Gasteiger partial charge in [0, 0.05) is 24.5 Å². The van der Waals surface area contributed by atoms with Gasteiger partial charge in [0.05, 0.1) is 10.0 Å². The summed E-state index contributed by atoms with van der Waals surface area (Å²) in [6.07, 6.45) is 2.62. The minimum atomic E-state index is 0.595. The van der Waals surface area contributed by atoms with E-state index < -0.39 is 0 Å². The van der Waals surface area contributed by atoms with E-state index in [1.54, 1.807) is 17.4 Å². The van der Waals surface area contributed by atoms with Crippen LogP contribution < -0.4 is 5.32 Å². The molecular weight excluding hydrogens is 263 g/mol. The number of anilines is 1. The second kappa shape index (κ2) is 5.04. The Morgan fingerprint density at radius 3 is 2.88 bits per heavy atom. The molecule has 0 fully saturated rings. The lowest BCUT2D eigenvalue weighted by Gasteiger charge is -2.03. The molecule has 0 amide bonds. The lowest BCUT2D eigenvalue weighted by atomic mass is 10.1. The molecular formula is C11H10Cl2N2S. The molecule has 0 aliphatic rings. The fraction of sp³-hybridized carbons (Fsp3) is 0.182. The summed E-state index contributed by atoms with van der Waals surface area (Å²) in [6, 6.07) is 5.68. The Balaban J connectivity index is 2.23. The Morgan fingerprint density at radius 1 is 1.38 bits per heavy atom. The Labute approximate surface area is 108 Å². The molecule has 0 saturated heterocycles. The molecule has 1 aromatic heterocycles. The molecule has 2 rings (SSSR count). The van der Waals surface area contributed by atoms with Gasteiger partial charge in [0.15, 0.2) is 5.13 Å². The molecule has 0 aliphatic carbocycles. The van der Waals surface area contributed by atoms with Crippen molar-refractivity contribution in [3.63, 3.8) is 0 Å². The number of hydrogen-bond acceptors (Lipinski definition) is 3. The molecule has 16 heavy (non-hydrogen) atoms. The lowest BCUT2D eigenvalue weighted by molar-refractivity contribution is 1.22. The molecule has 0 unspecified atom stereocenters. The van der Waals surface area contributed by atoms with Crippen LogP contribution in [0.5, 0.6) is 0 Å². The lowest BCUT2D eigenvalue weighted by Crippen LogP contribution is -1.86. The Bertz CT molecular complexity index is 496. The predicted molar refractivity (Wildman–Crippen MR) is 70.9 cm³/mol. The second-order valence-corrected chi connectivity index (χ2v) is 5.17. The van der Waals surface area contributed by atoms with Gasteiger partial charge in [-0.1, -0.05) is 35.3 Å². The van der Waals surface area contributed by atoms with Crippen LogP contribution in [0.15, 0.2) is 24.4 Å². The summed E-state index contributed by atoms with van der Waals surface area (Å²) in [7, 11) is 1.86. The number of aromatic nitrogens is 1. The zero-order valence-electron chi connectivity index (χ0n) is 8.63. The van der Waals surface area contributed by atoms with Gasteiger partial charge in [-0.2, -0.15) is 0 Å². The van der Waals surface area contributed by atoms with Crippen molar-refractivity contribution < 1.29 is 0 Å². The largest absolute Gasteiger partial charge is 0.365 e. The molecule has 0 atom stereocenters. The minimum Gasteiger partial charge on any atom is -0.365 e. The van der Waals surface area contributed by atoms with Crippen molar-refractivity contribution in [2.45, 2.75) is 6.42 Å². The van der Waals surface area contributed by atoms with Gasteiger partial charge in [-0.15, -0.1) is 11.3 Å². The summed E-state index contributed by atoms with van der Waals surface area (Å²) < 4.78 is 0. The number of rotatable bonds is 3. The molecule has 0 bridgehead atoms. The monoisotopic (exact) mass is 272 g/mol. The highest BCUT2D eigenvalue weighted by atomic mass is 35.5. The van der Waals surface area contributed by atoms with E-state index in [0.717, 1.165) is 22.0 Å². The maximum Gasteiger partial charge on any atom is 0.182 e. The summed E-state index contributed by atoms with van der Waals surface area (Å²) in [4.78, 5) is 5.37. The van der Waals surface area contributed by atoms with Gasteiger partial charge in [-0.05, 0) is 11.6 Å². The number of benzene rings is 1. The predicted octanol–water partition coefficient (Wildman–Crippen LogP) is 4.08. The van der Waals surface area contributed by atoms with Gasteiger partial charge in [0.25, 0.3) is 0 Å². The average molecular weight is 273 g/mol. The van der Waals surface area contributed by atoms with Crippen LogP contribution in [0.4, 0.5) is 5.13 Å². The highest BCUT2D eigenvalue weighted by molar-refractivity contribution is 7.15. The van der Waals surface area contributed by atoms with E-state index in [9.17, 15) is 0 Å². The summed E-state index contributed by atoms with van der Waals surface area (Å²) >= 11 is 13.7. The molecule has 0 spiro atoms. The maximum atomic E-state index is 6.12. The highest BCUT2D eigenvalue weighted by Gasteiger charge is 2.07. The van der Waals surface area contributed by atoms with Gasteiger partial charge < -0.3 is 5.32 Å². The average Bonchev–Trinajstić information content (AvgIpc) is 2.73. The number of halogens is 2. The molecule has 0 aliphatic heterocycles. The van der Waals surface area contributed by atoms with E-state index in [2.05, 4.69) is 10.3 Å². The van der Waals surface area contributed by atoms with Gasteiger partial charge in [-0.25, -0.2) is 4.98 Å². The smallest absolute Gasteiger partial charge is 0.182 e. The molecule has 0 radical (unpaired) electrons. The van der Waals surface area contributed by atoms with Crippen molar-refractivity contribution in [3.8, 4) is 0 Å². The van der Waals surface area contributed by atoms with Crippen molar-refractivity contribution >= 4 is 39.7 Å². The fourth-order valence-electron chi connectivity index (χ4n) is 1.38. The van der Waals surface area contributed by atoms with Crippen LogP contribution in [-0.2, 0) is 6.42 Å². The van der Waals surface area contributed by atoms with Crippen molar-refractivity contribution in [1.29, 1.82) is 0 Å². The Morgan fingerprint density at radius 2 is 2.19 bits per heavy atom. The summed E-state index contributed by atoms with van der Waals surface area (Å²) in [5, 5.41) is 5.14. The van der Waals surface area contributed by atoms with Crippen LogP contribution >= 0.6 is 34.5 Å². The first kappa shape index (κ1) is 11.7. The first-order chi connectivity index (χ1) is 7.70. The second-order valence-electron chi connectivity index (χ2n) is 3.27. The quantitative estimate of drug-likeness (QED) is 0.911. The molecule has 2 nitrogen and oxygen atoms in total. The van der Waals surface area contributed by atoms with E-state index in [-0.39, 0.29) is 0 Å². The minimum absolute atomic E-state index is 0.595. The van der Waals surface area contributed by atoms with E-state index in [1.807, 2.05) is 25.4 Å². The van der Waals surface area contributed by atoms with Crippen molar-refractivity contribution in [2.24, 2.45) is 0 Å². The third-order valence-corrected chi connectivity index (χ3v) is 4.04. The normalized spacial score (nSPS) is 10.4. The summed E-state index contributed by atoms with van der Waals surface area (Å²) in [6.45, 7) is 0. The molecule has 5 heteroatoms. The van der Waals surface area contributed by atoms with E-state index >= 15 is 0 Å². The van der Waals surface area contributed by atoms with Crippen LogP contribution in [0.3, 0.4) is 0 Å². The first-order valence-electron chi connectivity index (χ1n) is 4.76. The maximum absolute atomic E-state index is 6.12. The zero-order chi connectivity index (χ0) is 11.5. The molecule has 1 aromatic carbocycles. The van der Waals surface area contributed by atoms with Crippen LogP contribution in [-0.4, -0.2) is 12.0 Å². The van der Waals surface area contributed by atoms with Crippen LogP contribution in [0.25, 0.3) is 0 Å². The SMILES string of the molecule is CNc1ncc(Cc2cccc(Cl)c2Cl)s1. The Kier molecular flexibility index (Phi) is 3.69. The number of nitrogens with zero attached hydrogens (tertiary/aromatic N) is 1. The van der Waals surface area contributed by atoms with Gasteiger partial charge in [0.2, 0.25) is 0 Å². The molecule has 2 aromatic rings. The number of thiazole rings is 1. The fourth-order valence-corrected chi connectivity index (χ4v) is 2.55. The molecule has 0 saturated carbocycles. The number of hydrogen-bond donors (Lipinski definition) is 1. The molecule has 84 valence electrons. The third-order valence-electron chi connectivity index (χ3n) is 2.16. The Hall–Kier alpha value is -0.770. The van der Waals surface area contributed by atoms with Crippen molar-refractivity contribution in [3.05, 3.63) is 44.9 Å². The van der Waals surface area contributed by atoms with Gasteiger partial charge in [-0.3, -0.25) is 0 Å². The van der Waals surface area contributed by atoms with Gasteiger partial charge >= 0.3 is 0 Å². The van der Waals surface area contributed by atoms with Crippen molar-refractivity contribution in [2.75, 3.05) is 12.4 Å².